The summed E-state index contributed by atoms with van der Waals surface area (Å²) < 4.78 is 0. The van der Waals surface area contributed by atoms with Crippen LogP contribution in [0.4, 0.5) is 4.79 Å². The Kier molecular flexibility index (Phi) is 3.41. The molecule has 2 rings (SSSR count). The van der Waals surface area contributed by atoms with Crippen molar-refractivity contribution in [3.8, 4) is 6.07 Å². The number of carbonyl (C=O) groups excluding carboxylic acids is 1. The zero-order chi connectivity index (χ0) is 13.2. The Labute approximate surface area is 106 Å². The molecule has 0 atom stereocenters. The van der Waals surface area contributed by atoms with Gasteiger partial charge in [0.05, 0.1) is 17.9 Å². The lowest BCUT2D eigenvalue weighted by Gasteiger charge is -2.22. The molecule has 2 fully saturated rings. The molecule has 0 aromatic carbocycles. The van der Waals surface area contributed by atoms with Crippen molar-refractivity contribution in [2.45, 2.75) is 38.1 Å². The molecule has 2 amide bonds. The van der Waals surface area contributed by atoms with Gasteiger partial charge in [0.15, 0.2) is 0 Å². The summed E-state index contributed by atoms with van der Waals surface area (Å²) >= 11 is 0. The third-order valence-electron chi connectivity index (χ3n) is 3.60. The van der Waals surface area contributed by atoms with E-state index in [4.69, 9.17) is 10.4 Å². The lowest BCUT2D eigenvalue weighted by Crippen LogP contribution is -2.45. The van der Waals surface area contributed by atoms with Gasteiger partial charge < -0.3 is 15.3 Å². The average Bonchev–Trinajstić information content (AvgIpc) is 3.20. The van der Waals surface area contributed by atoms with Crippen molar-refractivity contribution in [3.63, 3.8) is 0 Å². The molecular weight excluding hydrogens is 234 g/mol. The standard InChI is InChI=1S/C12H17N3O3/c13-6-1-7-15(9-2-3-9)11(18)14-8-12(4-5-12)10(16)17/h9H,1-5,7-8H2,(H,14,18)(H,16,17). The van der Waals surface area contributed by atoms with Crippen molar-refractivity contribution >= 4 is 12.0 Å². The number of carbonyl (C=O) groups is 2. The van der Waals surface area contributed by atoms with E-state index in [1.54, 1.807) is 4.90 Å². The summed E-state index contributed by atoms with van der Waals surface area (Å²) in [5.41, 5.74) is -0.736. The third kappa shape index (κ3) is 2.73. The van der Waals surface area contributed by atoms with Crippen molar-refractivity contribution in [2.75, 3.05) is 13.1 Å². The van der Waals surface area contributed by atoms with Crippen molar-refractivity contribution < 1.29 is 14.7 Å². The number of nitrogens with zero attached hydrogens (tertiary/aromatic N) is 2. The minimum atomic E-state index is -0.835. The van der Waals surface area contributed by atoms with Crippen molar-refractivity contribution in [1.29, 1.82) is 5.26 Å². The van der Waals surface area contributed by atoms with Crippen LogP contribution in [-0.4, -0.2) is 41.1 Å². The molecule has 0 aliphatic heterocycles. The zero-order valence-electron chi connectivity index (χ0n) is 10.2. The second-order valence-corrected chi connectivity index (χ2v) is 5.08. The SMILES string of the molecule is N#CCCN(C(=O)NCC1(C(=O)O)CC1)C1CC1. The molecule has 0 aromatic rings. The number of hydrogen-bond acceptors (Lipinski definition) is 3. The van der Waals surface area contributed by atoms with E-state index < -0.39 is 11.4 Å². The highest BCUT2D eigenvalue weighted by atomic mass is 16.4. The topological polar surface area (TPSA) is 93.4 Å². The summed E-state index contributed by atoms with van der Waals surface area (Å²) in [6.07, 6.45) is 3.52. The highest BCUT2D eigenvalue weighted by molar-refractivity contribution is 5.80. The predicted molar refractivity (Wildman–Crippen MR) is 62.7 cm³/mol. The molecule has 0 radical (unpaired) electrons. The molecule has 0 heterocycles. The van der Waals surface area contributed by atoms with Crippen LogP contribution in [0.5, 0.6) is 0 Å². The van der Waals surface area contributed by atoms with E-state index in [1.807, 2.05) is 6.07 Å². The van der Waals surface area contributed by atoms with Crippen molar-refractivity contribution in [2.24, 2.45) is 5.41 Å². The van der Waals surface area contributed by atoms with Crippen LogP contribution in [-0.2, 0) is 4.79 Å². The molecular formula is C12H17N3O3. The lowest BCUT2D eigenvalue weighted by atomic mass is 10.1. The molecule has 0 aromatic heterocycles. The predicted octanol–water partition coefficient (Wildman–Crippen LogP) is 0.939. The summed E-state index contributed by atoms with van der Waals surface area (Å²) in [7, 11) is 0. The fourth-order valence-electron chi connectivity index (χ4n) is 1.97. The van der Waals surface area contributed by atoms with Gasteiger partial charge in [-0.3, -0.25) is 4.79 Å². The Hall–Kier alpha value is -1.77. The number of hydrogen-bond donors (Lipinski definition) is 2. The quantitative estimate of drug-likeness (QED) is 0.734. The van der Waals surface area contributed by atoms with Gasteiger partial charge in [0.1, 0.15) is 0 Å². The molecule has 18 heavy (non-hydrogen) atoms. The van der Waals surface area contributed by atoms with Gasteiger partial charge in [-0.15, -0.1) is 0 Å². The number of nitriles is 1. The highest BCUT2D eigenvalue weighted by Crippen LogP contribution is 2.45. The zero-order valence-corrected chi connectivity index (χ0v) is 10.2. The summed E-state index contributed by atoms with van der Waals surface area (Å²) in [5.74, 6) is -0.835. The Morgan fingerprint density at radius 1 is 1.44 bits per heavy atom. The maximum Gasteiger partial charge on any atom is 0.317 e. The molecule has 6 nitrogen and oxygen atoms in total. The molecule has 2 aliphatic rings. The van der Waals surface area contributed by atoms with E-state index in [9.17, 15) is 9.59 Å². The van der Waals surface area contributed by atoms with Crippen LogP contribution in [0.1, 0.15) is 32.1 Å². The molecule has 2 aliphatic carbocycles. The number of amides is 2. The van der Waals surface area contributed by atoms with Gasteiger partial charge >= 0.3 is 12.0 Å². The molecule has 2 N–H and O–H groups in total. The molecule has 0 unspecified atom stereocenters. The third-order valence-corrected chi connectivity index (χ3v) is 3.60. The van der Waals surface area contributed by atoms with Gasteiger partial charge in [0, 0.05) is 19.1 Å². The second-order valence-electron chi connectivity index (χ2n) is 5.08. The Bertz CT molecular complexity index is 394. The summed E-state index contributed by atoms with van der Waals surface area (Å²) in [5, 5.41) is 20.3. The Morgan fingerprint density at radius 3 is 2.56 bits per heavy atom. The van der Waals surface area contributed by atoms with Crippen LogP contribution in [0.15, 0.2) is 0 Å². The van der Waals surface area contributed by atoms with E-state index in [0.717, 1.165) is 12.8 Å². The molecule has 6 heteroatoms. The van der Waals surface area contributed by atoms with E-state index in [1.165, 1.54) is 0 Å². The van der Waals surface area contributed by atoms with Crippen LogP contribution in [0, 0.1) is 16.7 Å². The van der Waals surface area contributed by atoms with Gasteiger partial charge in [0.25, 0.3) is 0 Å². The van der Waals surface area contributed by atoms with Gasteiger partial charge in [-0.1, -0.05) is 0 Å². The molecule has 2 saturated carbocycles. The van der Waals surface area contributed by atoms with E-state index in [2.05, 4.69) is 5.32 Å². The summed E-state index contributed by atoms with van der Waals surface area (Å²) in [6, 6.07) is 2.02. The van der Waals surface area contributed by atoms with Gasteiger partial charge in [-0.05, 0) is 25.7 Å². The van der Waals surface area contributed by atoms with Gasteiger partial charge in [0.2, 0.25) is 0 Å². The minimum Gasteiger partial charge on any atom is -0.481 e. The lowest BCUT2D eigenvalue weighted by molar-refractivity contribution is -0.143. The smallest absolute Gasteiger partial charge is 0.317 e. The monoisotopic (exact) mass is 251 g/mol. The fourth-order valence-corrected chi connectivity index (χ4v) is 1.97. The average molecular weight is 251 g/mol. The summed E-state index contributed by atoms with van der Waals surface area (Å²) in [4.78, 5) is 24.6. The van der Waals surface area contributed by atoms with Gasteiger partial charge in [-0.25, -0.2) is 4.79 Å². The molecule has 0 spiro atoms. The first-order valence-corrected chi connectivity index (χ1v) is 6.24. The Balaban J connectivity index is 1.82. The minimum absolute atomic E-state index is 0.191. The van der Waals surface area contributed by atoms with Crippen LogP contribution < -0.4 is 5.32 Å². The van der Waals surface area contributed by atoms with Crippen molar-refractivity contribution in [3.05, 3.63) is 0 Å². The Morgan fingerprint density at radius 2 is 2.11 bits per heavy atom. The first-order valence-electron chi connectivity index (χ1n) is 6.24. The fraction of sp³-hybridized carbons (Fsp3) is 0.750. The number of urea groups is 1. The number of carboxylic acids is 1. The van der Waals surface area contributed by atoms with Crippen LogP contribution in [0.3, 0.4) is 0 Å². The first kappa shape index (κ1) is 12.7. The van der Waals surface area contributed by atoms with Crippen LogP contribution >= 0.6 is 0 Å². The second kappa shape index (κ2) is 4.84. The largest absolute Gasteiger partial charge is 0.481 e. The number of nitrogens with one attached hydrogen (secondary N) is 1. The van der Waals surface area contributed by atoms with Crippen LogP contribution in [0.25, 0.3) is 0 Å². The van der Waals surface area contributed by atoms with E-state index in [-0.39, 0.29) is 18.6 Å². The van der Waals surface area contributed by atoms with E-state index in [0.29, 0.717) is 25.8 Å². The first-order chi connectivity index (χ1) is 8.59. The van der Waals surface area contributed by atoms with Gasteiger partial charge in [-0.2, -0.15) is 5.26 Å². The molecule has 98 valence electrons. The number of carboxylic acid groups (broad SMARTS) is 1. The van der Waals surface area contributed by atoms with E-state index >= 15 is 0 Å². The molecule has 0 bridgehead atoms. The van der Waals surface area contributed by atoms with Crippen molar-refractivity contribution in [1.82, 2.24) is 10.2 Å². The maximum absolute atomic E-state index is 11.9. The molecule has 0 saturated heterocycles. The highest BCUT2D eigenvalue weighted by Gasteiger charge is 2.50. The summed E-state index contributed by atoms with van der Waals surface area (Å²) in [6.45, 7) is 0.615. The number of aliphatic carboxylic acids is 1. The maximum atomic E-state index is 11.9. The van der Waals surface area contributed by atoms with Crippen LogP contribution in [0.2, 0.25) is 0 Å². The number of rotatable bonds is 6. The normalized spacial score (nSPS) is 19.7.